The number of esters is 2. The average molecular weight is 368 g/mol. The number of rotatable bonds is 8. The molecule has 2 unspecified atom stereocenters. The molecule has 23 heavy (non-hydrogen) atoms. The van der Waals surface area contributed by atoms with Gasteiger partial charge in [0.15, 0.2) is 5.41 Å². The standard InChI is InChI=1S/C13H20O8S2/c1-5-22-9(16)7(14)20-11(18)13(3,4)12(19)21-8(15)10(17)23-6-2/h7-8,14-15H,5-6H2,1-4H3. The Morgan fingerprint density at radius 2 is 1.17 bits per heavy atom. The van der Waals surface area contributed by atoms with E-state index in [9.17, 15) is 29.4 Å². The van der Waals surface area contributed by atoms with E-state index < -0.39 is 40.2 Å². The van der Waals surface area contributed by atoms with Crippen LogP contribution in [-0.2, 0) is 28.7 Å². The van der Waals surface area contributed by atoms with Gasteiger partial charge >= 0.3 is 11.9 Å². The molecule has 0 aromatic carbocycles. The molecule has 0 fully saturated rings. The topological polar surface area (TPSA) is 127 Å². The average Bonchev–Trinajstić information content (AvgIpc) is 2.47. The van der Waals surface area contributed by atoms with E-state index in [0.717, 1.165) is 37.4 Å². The molecule has 0 saturated heterocycles. The Labute approximate surface area is 142 Å². The predicted octanol–water partition coefficient (Wildman–Crippen LogP) is 0.295. The molecule has 0 rings (SSSR count). The van der Waals surface area contributed by atoms with E-state index in [2.05, 4.69) is 9.47 Å². The SMILES string of the molecule is CCSC(=O)C(O)OC(=O)C(C)(C)C(=O)OC(O)C(=O)SCC. The highest BCUT2D eigenvalue weighted by Gasteiger charge is 2.43. The van der Waals surface area contributed by atoms with Crippen molar-refractivity contribution in [1.82, 2.24) is 0 Å². The monoisotopic (exact) mass is 368 g/mol. The lowest BCUT2D eigenvalue weighted by Gasteiger charge is -2.23. The van der Waals surface area contributed by atoms with Crippen LogP contribution >= 0.6 is 23.5 Å². The highest BCUT2D eigenvalue weighted by atomic mass is 32.2. The molecule has 132 valence electrons. The normalized spacial score (nSPS) is 13.8. The van der Waals surface area contributed by atoms with E-state index in [1.165, 1.54) is 0 Å². The minimum Gasteiger partial charge on any atom is -0.426 e. The van der Waals surface area contributed by atoms with Crippen LogP contribution in [0.2, 0.25) is 0 Å². The molecule has 0 aromatic heterocycles. The molecule has 0 saturated carbocycles. The van der Waals surface area contributed by atoms with Gasteiger partial charge in [0, 0.05) is 0 Å². The maximum absolute atomic E-state index is 11.9. The van der Waals surface area contributed by atoms with Gasteiger partial charge in [0.1, 0.15) is 0 Å². The molecular weight excluding hydrogens is 348 g/mol. The van der Waals surface area contributed by atoms with Crippen LogP contribution in [0.4, 0.5) is 0 Å². The van der Waals surface area contributed by atoms with E-state index >= 15 is 0 Å². The number of carbonyl (C=O) groups excluding carboxylic acids is 4. The van der Waals surface area contributed by atoms with Crippen molar-refractivity contribution in [3.8, 4) is 0 Å². The summed E-state index contributed by atoms with van der Waals surface area (Å²) in [5.41, 5.74) is -1.92. The van der Waals surface area contributed by atoms with Gasteiger partial charge in [-0.1, -0.05) is 37.4 Å². The van der Waals surface area contributed by atoms with E-state index in [0.29, 0.717) is 11.5 Å². The van der Waals surface area contributed by atoms with Crippen LogP contribution in [0.15, 0.2) is 0 Å². The van der Waals surface area contributed by atoms with Crippen LogP contribution in [0.25, 0.3) is 0 Å². The number of ether oxygens (including phenoxy) is 2. The minimum absolute atomic E-state index is 0.377. The van der Waals surface area contributed by atoms with Crippen LogP contribution in [-0.4, -0.2) is 56.5 Å². The van der Waals surface area contributed by atoms with Gasteiger partial charge in [-0.05, 0) is 25.4 Å². The summed E-state index contributed by atoms with van der Waals surface area (Å²) in [5.74, 6) is -1.68. The first-order valence-electron chi connectivity index (χ1n) is 6.69. The van der Waals surface area contributed by atoms with Crippen molar-refractivity contribution in [2.24, 2.45) is 5.41 Å². The Hall–Kier alpha value is -1.10. The van der Waals surface area contributed by atoms with Gasteiger partial charge in [0.05, 0.1) is 0 Å². The molecule has 10 heteroatoms. The lowest BCUT2D eigenvalue weighted by Crippen LogP contribution is -2.42. The Morgan fingerprint density at radius 3 is 1.43 bits per heavy atom. The molecule has 2 N–H and O–H groups in total. The summed E-state index contributed by atoms with van der Waals surface area (Å²) < 4.78 is 9.03. The summed E-state index contributed by atoms with van der Waals surface area (Å²) >= 11 is 1.50. The first-order chi connectivity index (χ1) is 10.6. The Morgan fingerprint density at radius 1 is 0.870 bits per heavy atom. The number of hydrogen-bond acceptors (Lipinski definition) is 10. The van der Waals surface area contributed by atoms with Crippen molar-refractivity contribution in [2.75, 3.05) is 11.5 Å². The van der Waals surface area contributed by atoms with Crippen molar-refractivity contribution in [1.29, 1.82) is 0 Å². The molecule has 0 aliphatic rings. The molecule has 8 nitrogen and oxygen atoms in total. The summed E-state index contributed by atoms with van der Waals surface area (Å²) in [7, 11) is 0. The van der Waals surface area contributed by atoms with E-state index in [1.807, 2.05) is 0 Å². The van der Waals surface area contributed by atoms with Crippen LogP contribution < -0.4 is 0 Å². The van der Waals surface area contributed by atoms with Crippen molar-refractivity contribution in [3.63, 3.8) is 0 Å². The van der Waals surface area contributed by atoms with Crippen molar-refractivity contribution < 1.29 is 38.9 Å². The summed E-state index contributed by atoms with van der Waals surface area (Å²) in [6, 6.07) is 0. The van der Waals surface area contributed by atoms with Gasteiger partial charge in [-0.3, -0.25) is 19.2 Å². The van der Waals surface area contributed by atoms with Gasteiger partial charge in [-0.2, -0.15) is 0 Å². The molecule has 0 aromatic rings. The molecule has 0 spiro atoms. The smallest absolute Gasteiger partial charge is 0.325 e. The quantitative estimate of drug-likeness (QED) is 0.350. The largest absolute Gasteiger partial charge is 0.426 e. The Balaban J connectivity index is 4.76. The van der Waals surface area contributed by atoms with E-state index in [4.69, 9.17) is 0 Å². The fraction of sp³-hybridized carbons (Fsp3) is 0.692. The van der Waals surface area contributed by atoms with Crippen LogP contribution in [0.5, 0.6) is 0 Å². The first kappa shape index (κ1) is 21.9. The molecule has 0 aliphatic heterocycles. The van der Waals surface area contributed by atoms with Crippen molar-refractivity contribution >= 4 is 45.7 Å². The second kappa shape index (κ2) is 9.91. The predicted molar refractivity (Wildman–Crippen MR) is 84.3 cm³/mol. The van der Waals surface area contributed by atoms with Crippen molar-refractivity contribution in [2.45, 2.75) is 40.3 Å². The van der Waals surface area contributed by atoms with Crippen molar-refractivity contribution in [3.05, 3.63) is 0 Å². The zero-order valence-corrected chi connectivity index (χ0v) is 14.9. The van der Waals surface area contributed by atoms with Crippen LogP contribution in [0.1, 0.15) is 27.7 Å². The van der Waals surface area contributed by atoms with Crippen LogP contribution in [0.3, 0.4) is 0 Å². The number of thioether (sulfide) groups is 2. The molecule has 0 radical (unpaired) electrons. The molecule has 0 heterocycles. The lowest BCUT2D eigenvalue weighted by atomic mass is 9.94. The third kappa shape index (κ3) is 6.90. The summed E-state index contributed by atoms with van der Waals surface area (Å²) in [6.45, 7) is 5.58. The van der Waals surface area contributed by atoms with E-state index in [1.54, 1.807) is 13.8 Å². The van der Waals surface area contributed by atoms with Gasteiger partial charge in [0.2, 0.25) is 0 Å². The third-order valence-corrected chi connectivity index (χ3v) is 3.98. The summed E-state index contributed by atoms with van der Waals surface area (Å²) in [6.07, 6.45) is -4.02. The number of aliphatic hydroxyl groups is 2. The van der Waals surface area contributed by atoms with Gasteiger partial charge in [-0.15, -0.1) is 0 Å². The maximum Gasteiger partial charge on any atom is 0.325 e. The Bertz CT molecular complexity index is 423. The van der Waals surface area contributed by atoms with Gasteiger partial charge in [-0.25, -0.2) is 0 Å². The third-order valence-electron chi connectivity index (χ3n) is 2.43. The fourth-order valence-electron chi connectivity index (χ4n) is 1.10. The summed E-state index contributed by atoms with van der Waals surface area (Å²) in [4.78, 5) is 46.5. The second-order valence-corrected chi connectivity index (χ2v) is 7.18. The molecule has 0 amide bonds. The zero-order chi connectivity index (χ0) is 18.2. The van der Waals surface area contributed by atoms with E-state index in [-0.39, 0.29) is 0 Å². The highest BCUT2D eigenvalue weighted by molar-refractivity contribution is 8.13. The number of hydrogen-bond donors (Lipinski definition) is 2. The maximum atomic E-state index is 11.9. The molecule has 2 atom stereocenters. The molecular formula is C13H20O8S2. The molecule has 0 aliphatic carbocycles. The Kier molecular flexibility index (Phi) is 9.44. The van der Waals surface area contributed by atoms with Crippen LogP contribution in [0, 0.1) is 5.41 Å². The molecule has 0 bridgehead atoms. The number of aliphatic hydroxyl groups excluding tert-OH is 2. The first-order valence-corrected chi connectivity index (χ1v) is 8.66. The second-order valence-electron chi connectivity index (χ2n) is 4.64. The highest BCUT2D eigenvalue weighted by Crippen LogP contribution is 2.22. The fourth-order valence-corrected chi connectivity index (χ4v) is 2.05. The van der Waals surface area contributed by atoms with Gasteiger partial charge < -0.3 is 19.7 Å². The van der Waals surface area contributed by atoms with Gasteiger partial charge in [0.25, 0.3) is 22.8 Å². The lowest BCUT2D eigenvalue weighted by molar-refractivity contribution is -0.194. The summed E-state index contributed by atoms with van der Waals surface area (Å²) in [5, 5.41) is 17.3. The zero-order valence-electron chi connectivity index (χ0n) is 13.2. The minimum atomic E-state index is -2.01. The number of carbonyl (C=O) groups is 4.